The molecule has 0 radical (unpaired) electrons. The highest BCUT2D eigenvalue weighted by molar-refractivity contribution is 7.91. The molecule has 1 aliphatic rings. The smallest absolute Gasteiger partial charge is 0.296 e. The first-order valence-electron chi connectivity index (χ1n) is 9.08. The maximum Gasteiger partial charge on any atom is 0.296 e. The van der Waals surface area contributed by atoms with E-state index in [-0.39, 0.29) is 33.9 Å². The van der Waals surface area contributed by atoms with Gasteiger partial charge in [-0.2, -0.15) is 10.2 Å². The van der Waals surface area contributed by atoms with E-state index in [0.717, 1.165) is 0 Å². The maximum atomic E-state index is 13.1. The van der Waals surface area contributed by atoms with Crippen molar-refractivity contribution in [1.29, 1.82) is 5.26 Å². The summed E-state index contributed by atoms with van der Waals surface area (Å²) in [5.74, 6) is 0.00142. The Bertz CT molecular complexity index is 1340. The fourth-order valence-electron chi connectivity index (χ4n) is 3.02. The number of fused-ring (bicyclic) bond motifs is 1. The molecule has 3 heterocycles. The van der Waals surface area contributed by atoms with Crippen molar-refractivity contribution in [2.75, 3.05) is 11.1 Å². The molecule has 3 aromatic rings. The minimum absolute atomic E-state index is 0.0143. The molecule has 1 N–H and O–H groups in total. The van der Waals surface area contributed by atoms with E-state index in [9.17, 15) is 18.5 Å². The van der Waals surface area contributed by atoms with Crippen LogP contribution in [0.3, 0.4) is 0 Å². The molecule has 0 amide bonds. The van der Waals surface area contributed by atoms with Crippen molar-refractivity contribution < 1.29 is 8.42 Å². The zero-order valence-electron chi connectivity index (χ0n) is 15.8. The van der Waals surface area contributed by atoms with Crippen molar-refractivity contribution in [2.24, 2.45) is 0 Å². The van der Waals surface area contributed by atoms with Crippen LogP contribution in [0.25, 0.3) is 11.2 Å². The Balaban J connectivity index is 1.69. The largest absolute Gasteiger partial charge is 0.360 e. The second-order valence-electron chi connectivity index (χ2n) is 6.83. The number of pyridine rings is 1. The van der Waals surface area contributed by atoms with Crippen LogP contribution in [0, 0.1) is 11.3 Å². The molecule has 1 saturated carbocycles. The predicted molar refractivity (Wildman–Crippen MR) is 109 cm³/mol. The first-order chi connectivity index (χ1) is 14.3. The van der Waals surface area contributed by atoms with Gasteiger partial charge in [0.1, 0.15) is 11.1 Å². The minimum Gasteiger partial charge on any atom is -0.360 e. The van der Waals surface area contributed by atoms with Gasteiger partial charge in [0.25, 0.3) is 5.56 Å². The van der Waals surface area contributed by atoms with Gasteiger partial charge in [-0.1, -0.05) is 6.92 Å². The second-order valence-corrected chi connectivity index (χ2v) is 9.45. The average molecular weight is 446 g/mol. The van der Waals surface area contributed by atoms with Gasteiger partial charge >= 0.3 is 0 Å². The average Bonchev–Trinajstić information content (AvgIpc) is 3.53. The first-order valence-corrected chi connectivity index (χ1v) is 11.1. The minimum atomic E-state index is -3.34. The van der Waals surface area contributed by atoms with E-state index in [1.165, 1.54) is 23.0 Å². The summed E-state index contributed by atoms with van der Waals surface area (Å²) in [5.41, 5.74) is -0.425. The van der Waals surface area contributed by atoms with Crippen molar-refractivity contribution in [2.45, 2.75) is 36.7 Å². The Labute approximate surface area is 176 Å². The van der Waals surface area contributed by atoms with Crippen LogP contribution < -0.4 is 10.9 Å². The monoisotopic (exact) mass is 445 g/mol. The Morgan fingerprint density at radius 3 is 2.63 bits per heavy atom. The first kappa shape index (κ1) is 20.2. The van der Waals surface area contributed by atoms with Gasteiger partial charge in [-0.25, -0.2) is 18.4 Å². The Morgan fingerprint density at radius 1 is 1.27 bits per heavy atom. The molecule has 4 rings (SSSR count). The molecule has 154 valence electrons. The number of rotatable bonds is 6. The van der Waals surface area contributed by atoms with Crippen LogP contribution in [-0.2, 0) is 21.9 Å². The van der Waals surface area contributed by atoms with Crippen LogP contribution in [0.2, 0.25) is 5.28 Å². The summed E-state index contributed by atoms with van der Waals surface area (Å²) in [5, 5.41) is 12.5. The molecule has 0 aromatic carbocycles. The van der Waals surface area contributed by atoms with Crippen LogP contribution in [0.4, 0.5) is 5.82 Å². The van der Waals surface area contributed by atoms with Crippen molar-refractivity contribution >= 4 is 38.4 Å². The molecule has 0 bridgehead atoms. The molecule has 10 nitrogen and oxygen atoms in total. The van der Waals surface area contributed by atoms with Gasteiger partial charge in [0.15, 0.2) is 21.3 Å². The van der Waals surface area contributed by atoms with E-state index in [0.29, 0.717) is 24.1 Å². The molecule has 0 aliphatic heterocycles. The number of nitrogens with zero attached hydrogens (tertiary/aromatic N) is 6. The van der Waals surface area contributed by atoms with Gasteiger partial charge in [0.05, 0.1) is 35.2 Å². The van der Waals surface area contributed by atoms with Crippen LogP contribution in [0.15, 0.2) is 34.2 Å². The molecule has 1 aliphatic carbocycles. The molecule has 3 aromatic heterocycles. The van der Waals surface area contributed by atoms with Gasteiger partial charge in [-0.15, -0.1) is 0 Å². The number of nitriles is 1. The summed E-state index contributed by atoms with van der Waals surface area (Å²) >= 11 is 5.88. The highest BCUT2D eigenvalue weighted by Crippen LogP contribution is 2.43. The Kier molecular flexibility index (Phi) is 4.91. The molecule has 1 fully saturated rings. The predicted octanol–water partition coefficient (Wildman–Crippen LogP) is 1.65. The quantitative estimate of drug-likeness (QED) is 0.560. The van der Waals surface area contributed by atoms with Crippen LogP contribution in [0.5, 0.6) is 0 Å². The summed E-state index contributed by atoms with van der Waals surface area (Å²) in [4.78, 5) is 29.6. The summed E-state index contributed by atoms with van der Waals surface area (Å²) < 4.78 is 25.1. The highest BCUT2D eigenvalue weighted by atomic mass is 35.5. The number of sulfone groups is 1. The molecule has 0 atom stereocenters. The molecular formula is C18H16ClN7O3S. The van der Waals surface area contributed by atoms with Gasteiger partial charge in [0.2, 0.25) is 5.28 Å². The molecule has 0 unspecified atom stereocenters. The highest BCUT2D eigenvalue weighted by Gasteiger charge is 2.47. The number of hydrogen-bond acceptors (Lipinski definition) is 9. The van der Waals surface area contributed by atoms with Crippen molar-refractivity contribution in [1.82, 2.24) is 24.5 Å². The SMILES string of the molecule is CCS(=O)(=O)c1ccc(CNc2nc3cnc(Cl)nc3n(C3(C#N)CC3)c2=O)nc1. The van der Waals surface area contributed by atoms with Crippen LogP contribution in [-0.4, -0.2) is 38.7 Å². The molecule has 30 heavy (non-hydrogen) atoms. The lowest BCUT2D eigenvalue weighted by Crippen LogP contribution is -2.33. The summed E-state index contributed by atoms with van der Waals surface area (Å²) in [6, 6.07) is 5.22. The number of hydrogen-bond donors (Lipinski definition) is 1. The normalized spacial score (nSPS) is 15.0. The lowest BCUT2D eigenvalue weighted by molar-refractivity contribution is 0.596. The fourth-order valence-corrected chi connectivity index (χ4v) is 3.97. The maximum absolute atomic E-state index is 13.1. The number of anilines is 1. The third-order valence-electron chi connectivity index (χ3n) is 4.90. The molecule has 0 saturated heterocycles. The molecular weight excluding hydrogens is 430 g/mol. The second kappa shape index (κ2) is 7.30. The Hall–Kier alpha value is -3.10. The standard InChI is InChI=1S/C18H16ClN7O3S/c1-2-30(28,29)12-4-3-11(21-8-12)7-22-14-16(27)26(18(10-20)5-6-18)15-13(24-14)9-23-17(19)25-15/h3-4,8-9H,2,5-7H2,1H3,(H,22,24). The molecule has 12 heteroatoms. The molecule has 0 spiro atoms. The van der Waals surface area contributed by atoms with Gasteiger partial charge < -0.3 is 5.32 Å². The van der Waals surface area contributed by atoms with E-state index in [4.69, 9.17) is 11.6 Å². The summed E-state index contributed by atoms with van der Waals surface area (Å²) in [6.07, 6.45) is 3.73. The van der Waals surface area contributed by atoms with Crippen molar-refractivity contribution in [3.05, 3.63) is 45.9 Å². The van der Waals surface area contributed by atoms with Crippen molar-refractivity contribution in [3.63, 3.8) is 0 Å². The van der Waals surface area contributed by atoms with E-state index < -0.39 is 20.9 Å². The number of nitrogens with one attached hydrogen (secondary N) is 1. The van der Waals surface area contributed by atoms with Gasteiger partial charge in [0, 0.05) is 6.20 Å². The van der Waals surface area contributed by atoms with E-state index in [1.54, 1.807) is 13.0 Å². The fraction of sp³-hybridized carbons (Fsp3) is 0.333. The lowest BCUT2D eigenvalue weighted by Gasteiger charge is -2.15. The summed E-state index contributed by atoms with van der Waals surface area (Å²) in [6.45, 7) is 1.69. The zero-order valence-corrected chi connectivity index (χ0v) is 17.4. The van der Waals surface area contributed by atoms with Gasteiger partial charge in [-0.3, -0.25) is 14.3 Å². The zero-order chi connectivity index (χ0) is 21.5. The summed E-state index contributed by atoms with van der Waals surface area (Å²) in [7, 11) is -3.34. The Morgan fingerprint density at radius 2 is 2.03 bits per heavy atom. The van der Waals surface area contributed by atoms with E-state index in [2.05, 4.69) is 31.3 Å². The van der Waals surface area contributed by atoms with E-state index in [1.807, 2.05) is 0 Å². The number of aromatic nitrogens is 5. The van der Waals surface area contributed by atoms with Crippen LogP contribution >= 0.6 is 11.6 Å². The lowest BCUT2D eigenvalue weighted by atomic mass is 10.3. The number of halogens is 1. The third kappa shape index (κ3) is 3.48. The van der Waals surface area contributed by atoms with E-state index >= 15 is 0 Å². The third-order valence-corrected chi connectivity index (χ3v) is 6.81. The topological polar surface area (TPSA) is 144 Å². The van der Waals surface area contributed by atoms with Crippen LogP contribution in [0.1, 0.15) is 25.5 Å². The van der Waals surface area contributed by atoms with Gasteiger partial charge in [-0.05, 0) is 36.6 Å². The van der Waals surface area contributed by atoms with Crippen molar-refractivity contribution in [3.8, 4) is 6.07 Å².